The van der Waals surface area contributed by atoms with E-state index in [9.17, 15) is 0 Å². The summed E-state index contributed by atoms with van der Waals surface area (Å²) in [6, 6.07) is 0. The average Bonchev–Trinajstić information content (AvgIpc) is 3.19. The van der Waals surface area contributed by atoms with E-state index in [1.165, 1.54) is 104 Å². The summed E-state index contributed by atoms with van der Waals surface area (Å²) in [6.07, 6.45) is 9.92. The third kappa shape index (κ3) is 42.8. The zero-order valence-electron chi connectivity index (χ0n) is 54.2. The average molecular weight is 1020 g/mol. The van der Waals surface area contributed by atoms with Gasteiger partial charge in [0.2, 0.25) is 0 Å². The zero-order chi connectivity index (χ0) is 55.2. The normalized spacial score (nSPS) is 20.3. The van der Waals surface area contributed by atoms with E-state index in [2.05, 4.69) is 205 Å². The van der Waals surface area contributed by atoms with Crippen molar-refractivity contribution >= 4 is 0 Å². The maximum Gasteiger partial charge on any atom is 0.0110 e. The van der Waals surface area contributed by atoms with Crippen LogP contribution in [0.3, 0.4) is 0 Å². The summed E-state index contributed by atoms with van der Waals surface area (Å²) < 4.78 is 0. The molecule has 72 heavy (non-hydrogen) atoms. The van der Waals surface area contributed by atoms with Crippen LogP contribution in [0.2, 0.25) is 0 Å². The molecular formula is C64H136N8. The van der Waals surface area contributed by atoms with Crippen molar-refractivity contribution in [2.45, 2.75) is 218 Å². The summed E-state index contributed by atoms with van der Waals surface area (Å²) >= 11 is 0. The molecule has 432 valence electrons. The fourth-order valence-corrected chi connectivity index (χ4v) is 8.89. The molecule has 0 aromatic rings. The lowest BCUT2D eigenvalue weighted by molar-refractivity contribution is 0.112. The molecule has 0 spiro atoms. The predicted molar refractivity (Wildman–Crippen MR) is 324 cm³/mol. The second kappa shape index (κ2) is 31.9. The summed E-state index contributed by atoms with van der Waals surface area (Å²) in [5, 5.41) is 0. The summed E-state index contributed by atoms with van der Waals surface area (Å²) in [7, 11) is 0. The third-order valence-electron chi connectivity index (χ3n) is 15.3. The first-order chi connectivity index (χ1) is 32.6. The Morgan fingerprint density at radius 1 is 0.153 bits per heavy atom. The van der Waals surface area contributed by atoms with Crippen molar-refractivity contribution < 1.29 is 0 Å². The minimum absolute atomic E-state index is 0.323. The van der Waals surface area contributed by atoms with E-state index in [0.29, 0.717) is 43.3 Å². The molecule has 0 bridgehead atoms. The molecule has 1 rings (SSSR count). The van der Waals surface area contributed by atoms with E-state index in [1.807, 2.05) is 0 Å². The van der Waals surface area contributed by atoms with Crippen LogP contribution in [0.5, 0.6) is 0 Å². The highest BCUT2D eigenvalue weighted by Crippen LogP contribution is 2.25. The molecule has 8 nitrogen and oxygen atoms in total. The Balaban J connectivity index is 3.89. The third-order valence-corrected chi connectivity index (χ3v) is 15.3. The molecule has 0 aromatic heterocycles. The lowest BCUT2D eigenvalue weighted by atomic mass is 9.91. The predicted octanol–water partition coefficient (Wildman–Crippen LogP) is 13.9. The van der Waals surface area contributed by atoms with Gasteiger partial charge < -0.3 is 39.2 Å². The van der Waals surface area contributed by atoms with Gasteiger partial charge in [-0.05, 0) is 147 Å². The van der Waals surface area contributed by atoms with Gasteiger partial charge in [0.1, 0.15) is 0 Å². The van der Waals surface area contributed by atoms with E-state index in [0.717, 1.165) is 105 Å². The van der Waals surface area contributed by atoms with Crippen molar-refractivity contribution in [1.29, 1.82) is 0 Å². The van der Waals surface area contributed by atoms with Gasteiger partial charge in [0.15, 0.2) is 0 Å². The molecule has 0 atom stereocenters. The van der Waals surface area contributed by atoms with E-state index < -0.39 is 0 Å². The Kier molecular flexibility index (Phi) is 30.9. The summed E-state index contributed by atoms with van der Waals surface area (Å²) in [4.78, 5) is 23.0. The Bertz CT molecular complexity index is 1010. The topological polar surface area (TPSA) is 25.9 Å². The Labute approximate surface area is 455 Å². The molecule has 0 radical (unpaired) electrons. The first kappa shape index (κ1) is 69.7. The van der Waals surface area contributed by atoms with Crippen molar-refractivity contribution in [2.24, 2.45) is 43.3 Å². The molecule has 0 saturated carbocycles. The van der Waals surface area contributed by atoms with Crippen LogP contribution in [-0.2, 0) is 0 Å². The van der Waals surface area contributed by atoms with Crippen LogP contribution in [0.15, 0.2) is 0 Å². The van der Waals surface area contributed by atoms with Gasteiger partial charge in [0.05, 0.1) is 0 Å². The van der Waals surface area contributed by atoms with Crippen molar-refractivity contribution in [2.75, 3.05) is 157 Å². The Hall–Kier alpha value is -0.320. The van der Waals surface area contributed by atoms with Crippen LogP contribution in [0.1, 0.15) is 218 Å². The quantitative estimate of drug-likeness (QED) is 0.151. The lowest BCUT2D eigenvalue weighted by Crippen LogP contribution is -2.47. The maximum atomic E-state index is 2.87. The number of rotatable bonds is 16. The molecule has 0 aromatic carbocycles. The molecule has 1 fully saturated rings. The molecule has 0 aliphatic carbocycles. The van der Waals surface area contributed by atoms with Gasteiger partial charge >= 0.3 is 0 Å². The van der Waals surface area contributed by atoms with Crippen LogP contribution in [-0.4, -0.2) is 196 Å². The van der Waals surface area contributed by atoms with Crippen molar-refractivity contribution in [3.05, 3.63) is 0 Å². The molecule has 1 aliphatic heterocycles. The Morgan fingerprint density at radius 2 is 0.222 bits per heavy atom. The molecule has 8 heteroatoms. The van der Waals surface area contributed by atoms with Gasteiger partial charge in [-0.1, -0.05) is 166 Å². The van der Waals surface area contributed by atoms with Crippen molar-refractivity contribution in [1.82, 2.24) is 39.2 Å². The van der Waals surface area contributed by atoms with Crippen LogP contribution in [0.4, 0.5) is 0 Å². The van der Waals surface area contributed by atoms with Gasteiger partial charge in [-0.25, -0.2) is 0 Å². The van der Waals surface area contributed by atoms with Gasteiger partial charge in [-0.2, -0.15) is 0 Å². The van der Waals surface area contributed by atoms with E-state index in [1.54, 1.807) is 0 Å². The molecule has 0 N–H and O–H groups in total. The highest BCUT2D eigenvalue weighted by molar-refractivity contribution is 4.80. The van der Waals surface area contributed by atoms with Crippen LogP contribution in [0, 0.1) is 43.3 Å². The Morgan fingerprint density at radius 3 is 0.278 bits per heavy atom. The minimum atomic E-state index is 0.323. The molecule has 0 amide bonds. The fraction of sp³-hybridized carbons (Fsp3) is 1.00. The fourth-order valence-electron chi connectivity index (χ4n) is 8.89. The number of hydrogen-bond donors (Lipinski definition) is 0. The van der Waals surface area contributed by atoms with Gasteiger partial charge in [0.25, 0.3) is 0 Å². The van der Waals surface area contributed by atoms with Crippen LogP contribution < -0.4 is 0 Å². The van der Waals surface area contributed by atoms with E-state index in [-0.39, 0.29) is 0 Å². The van der Waals surface area contributed by atoms with Gasteiger partial charge in [0, 0.05) is 105 Å². The molecule has 0 unspecified atom stereocenters. The van der Waals surface area contributed by atoms with E-state index >= 15 is 0 Å². The second-order valence-electron chi connectivity index (χ2n) is 33.2. The highest BCUT2D eigenvalue weighted by Gasteiger charge is 2.25. The molecular weight excluding hydrogens is 881 g/mol. The van der Waals surface area contributed by atoms with Gasteiger partial charge in [-0.15, -0.1) is 0 Å². The highest BCUT2D eigenvalue weighted by atomic mass is 15.3. The smallest absolute Gasteiger partial charge is 0.0110 e. The first-order valence-electron chi connectivity index (χ1n) is 30.4. The molecule has 1 aliphatic rings. The number of hydrogen-bond acceptors (Lipinski definition) is 8. The minimum Gasteiger partial charge on any atom is -0.301 e. The maximum absolute atomic E-state index is 2.87. The SMILES string of the molecule is CC(C)(C)CCN1CCN(CCC(C)(C)C)CCN(CCC(C)(C)C)CCN(CCC(C)(C)C)CCN(CCC(C)(C)C)CCN(CCC(C)(C)C)CCN(CCC(C)(C)C)CCN(CCC(C)(C)C)CC1. The second-order valence-corrected chi connectivity index (χ2v) is 33.2. The zero-order valence-corrected chi connectivity index (χ0v) is 54.2. The first-order valence-corrected chi connectivity index (χ1v) is 30.4. The summed E-state index contributed by atoms with van der Waals surface area (Å²) in [5.74, 6) is 0. The van der Waals surface area contributed by atoms with Gasteiger partial charge in [-0.3, -0.25) is 0 Å². The largest absolute Gasteiger partial charge is 0.301 e. The molecule has 1 saturated heterocycles. The number of nitrogens with zero attached hydrogens (tertiary/aromatic N) is 8. The monoisotopic (exact) mass is 1020 g/mol. The summed E-state index contributed by atoms with van der Waals surface area (Å²) in [5.41, 5.74) is 2.59. The van der Waals surface area contributed by atoms with Crippen LogP contribution >= 0.6 is 0 Å². The standard InChI is InChI=1S/C64H136N8/c1-57(2,3)25-33-65-41-43-66(34-26-58(4,5)6)45-47-68(36-28-60(10,11)12)49-51-70(38-30-62(16,17)18)53-55-72(40-32-64(22,23)24)56-54-71(39-31-63(19,20)21)52-50-69(37-29-61(13,14)15)48-46-67(44-42-65)35-27-59(7,8)9/h25-56H2,1-24H3. The van der Waals surface area contributed by atoms with Crippen LogP contribution in [0.25, 0.3) is 0 Å². The van der Waals surface area contributed by atoms with E-state index in [4.69, 9.17) is 0 Å². The lowest BCUT2D eigenvalue weighted by Gasteiger charge is -2.37. The van der Waals surface area contributed by atoms with Crippen molar-refractivity contribution in [3.63, 3.8) is 0 Å². The molecule has 1 heterocycles. The summed E-state index contributed by atoms with van der Waals surface area (Å²) in [6.45, 7) is 86.5. The van der Waals surface area contributed by atoms with Crippen molar-refractivity contribution in [3.8, 4) is 0 Å².